The second-order valence-electron chi connectivity index (χ2n) is 6.30. The highest BCUT2D eigenvalue weighted by atomic mass is 16.3. The van der Waals surface area contributed by atoms with Gasteiger partial charge < -0.3 is 10.4 Å². The summed E-state index contributed by atoms with van der Waals surface area (Å²) in [6.07, 6.45) is 4.88. The molecule has 1 aliphatic carbocycles. The molecule has 0 aromatic heterocycles. The maximum atomic E-state index is 10.0. The summed E-state index contributed by atoms with van der Waals surface area (Å²) in [5, 5.41) is 13.8. The van der Waals surface area contributed by atoms with E-state index in [-0.39, 0.29) is 6.04 Å². The van der Waals surface area contributed by atoms with Crippen molar-refractivity contribution in [3.8, 4) is 5.75 Å². The number of hydrogen-bond donors (Lipinski definition) is 2. The minimum Gasteiger partial charge on any atom is -0.508 e. The van der Waals surface area contributed by atoms with Crippen molar-refractivity contribution in [3.05, 3.63) is 29.8 Å². The largest absolute Gasteiger partial charge is 0.508 e. The lowest BCUT2D eigenvalue weighted by Crippen LogP contribution is -2.38. The van der Waals surface area contributed by atoms with Gasteiger partial charge in [0, 0.05) is 17.6 Å². The molecule has 0 spiro atoms. The van der Waals surface area contributed by atoms with Crippen LogP contribution in [0.4, 0.5) is 0 Å². The average Bonchev–Trinajstić information content (AvgIpc) is 2.36. The molecule has 2 heteroatoms. The number of para-hydroxylation sites is 1. The van der Waals surface area contributed by atoms with Gasteiger partial charge in [-0.2, -0.15) is 0 Å². The molecule has 106 valence electrons. The lowest BCUT2D eigenvalue weighted by Gasteiger charge is -2.34. The van der Waals surface area contributed by atoms with Gasteiger partial charge in [-0.05, 0) is 43.6 Å². The van der Waals surface area contributed by atoms with Gasteiger partial charge in [-0.25, -0.2) is 0 Å². The predicted molar refractivity (Wildman–Crippen MR) is 80.2 cm³/mol. The molecule has 3 atom stereocenters. The van der Waals surface area contributed by atoms with Gasteiger partial charge in [0.25, 0.3) is 0 Å². The molecule has 19 heavy (non-hydrogen) atoms. The molecule has 3 unspecified atom stereocenters. The Labute approximate surface area is 117 Å². The van der Waals surface area contributed by atoms with Gasteiger partial charge in [-0.1, -0.05) is 39.0 Å². The van der Waals surface area contributed by atoms with Crippen LogP contribution in [-0.4, -0.2) is 11.1 Å². The topological polar surface area (TPSA) is 32.3 Å². The van der Waals surface area contributed by atoms with Crippen molar-refractivity contribution < 1.29 is 5.11 Å². The van der Waals surface area contributed by atoms with Crippen LogP contribution in [0.25, 0.3) is 0 Å². The Bertz CT molecular complexity index is 394. The van der Waals surface area contributed by atoms with Gasteiger partial charge >= 0.3 is 0 Å². The van der Waals surface area contributed by atoms with Crippen molar-refractivity contribution in [2.24, 2.45) is 11.8 Å². The molecule has 1 aromatic carbocycles. The third-order valence-corrected chi connectivity index (χ3v) is 4.34. The molecular formula is C17H27NO. The van der Waals surface area contributed by atoms with Gasteiger partial charge in [0.15, 0.2) is 0 Å². The normalized spacial score (nSPS) is 29.1. The number of nitrogens with one attached hydrogen (secondary N) is 1. The summed E-state index contributed by atoms with van der Waals surface area (Å²) < 4.78 is 0. The highest BCUT2D eigenvalue weighted by Gasteiger charge is 2.26. The van der Waals surface area contributed by atoms with Crippen molar-refractivity contribution in [1.82, 2.24) is 5.32 Å². The van der Waals surface area contributed by atoms with Crippen LogP contribution < -0.4 is 5.32 Å². The third kappa shape index (κ3) is 3.73. The van der Waals surface area contributed by atoms with E-state index in [1.807, 2.05) is 18.2 Å². The Hall–Kier alpha value is -1.02. The van der Waals surface area contributed by atoms with Crippen molar-refractivity contribution in [2.45, 2.75) is 58.5 Å². The zero-order valence-electron chi connectivity index (χ0n) is 12.4. The summed E-state index contributed by atoms with van der Waals surface area (Å²) in [4.78, 5) is 0. The number of aromatic hydroxyl groups is 1. The molecule has 1 aliphatic rings. The first-order valence-electron chi connectivity index (χ1n) is 7.64. The van der Waals surface area contributed by atoms with Crippen LogP contribution in [-0.2, 0) is 0 Å². The summed E-state index contributed by atoms with van der Waals surface area (Å²) in [5.41, 5.74) is 1.04. The van der Waals surface area contributed by atoms with Crippen LogP contribution in [0.15, 0.2) is 24.3 Å². The molecule has 1 fully saturated rings. The fourth-order valence-electron chi connectivity index (χ4n) is 3.58. The molecule has 2 nitrogen and oxygen atoms in total. The van der Waals surface area contributed by atoms with Gasteiger partial charge in [0.1, 0.15) is 5.75 Å². The molecule has 0 bridgehead atoms. The van der Waals surface area contributed by atoms with E-state index in [0.717, 1.165) is 23.8 Å². The molecule has 2 rings (SSSR count). The maximum absolute atomic E-state index is 10.0. The third-order valence-electron chi connectivity index (χ3n) is 4.34. The number of hydrogen-bond acceptors (Lipinski definition) is 2. The van der Waals surface area contributed by atoms with E-state index in [4.69, 9.17) is 0 Å². The highest BCUT2D eigenvalue weighted by molar-refractivity contribution is 5.34. The van der Waals surface area contributed by atoms with Gasteiger partial charge in [0.2, 0.25) is 0 Å². The molecule has 0 radical (unpaired) electrons. The Balaban J connectivity index is 2.05. The van der Waals surface area contributed by atoms with E-state index < -0.39 is 0 Å². The molecule has 0 amide bonds. The number of phenolic OH excluding ortho intramolecular Hbond substituents is 1. The fourth-order valence-corrected chi connectivity index (χ4v) is 3.58. The summed E-state index contributed by atoms with van der Waals surface area (Å²) in [6, 6.07) is 8.56. The molecule has 1 saturated carbocycles. The van der Waals surface area contributed by atoms with E-state index >= 15 is 0 Å². The van der Waals surface area contributed by atoms with E-state index in [0.29, 0.717) is 11.8 Å². The standard InChI is InChI=1S/C17H27NO/c1-4-16(15-7-5-6-8-17(15)19)18-14-10-12(2)9-13(3)11-14/h5-8,12-14,16,18-19H,4,9-11H2,1-3H3. The lowest BCUT2D eigenvalue weighted by atomic mass is 9.80. The van der Waals surface area contributed by atoms with Crippen LogP contribution in [0.2, 0.25) is 0 Å². The summed E-state index contributed by atoms with van der Waals surface area (Å²) in [7, 11) is 0. The van der Waals surface area contributed by atoms with Crippen LogP contribution >= 0.6 is 0 Å². The predicted octanol–water partition coefficient (Wildman–Crippen LogP) is 4.26. The van der Waals surface area contributed by atoms with Crippen LogP contribution in [0.5, 0.6) is 5.75 Å². The molecule has 0 saturated heterocycles. The zero-order valence-corrected chi connectivity index (χ0v) is 12.4. The van der Waals surface area contributed by atoms with E-state index in [1.165, 1.54) is 19.3 Å². The summed E-state index contributed by atoms with van der Waals surface area (Å²) in [5.74, 6) is 2.03. The Kier molecular flexibility index (Phi) is 4.87. The minimum atomic E-state index is 0.267. The minimum absolute atomic E-state index is 0.267. The van der Waals surface area contributed by atoms with Crippen molar-refractivity contribution in [1.29, 1.82) is 0 Å². The Morgan fingerprint density at radius 1 is 1.16 bits per heavy atom. The van der Waals surface area contributed by atoms with Gasteiger partial charge in [-0.15, -0.1) is 0 Å². The van der Waals surface area contributed by atoms with E-state index in [9.17, 15) is 5.11 Å². The second-order valence-corrected chi connectivity index (χ2v) is 6.30. The van der Waals surface area contributed by atoms with Gasteiger partial charge in [0.05, 0.1) is 0 Å². The second kappa shape index (κ2) is 6.42. The first-order chi connectivity index (χ1) is 9.10. The quantitative estimate of drug-likeness (QED) is 0.849. The van der Waals surface area contributed by atoms with Crippen molar-refractivity contribution >= 4 is 0 Å². The number of phenols is 1. The van der Waals surface area contributed by atoms with Crippen LogP contribution in [0, 0.1) is 11.8 Å². The fraction of sp³-hybridized carbons (Fsp3) is 0.647. The molecule has 1 aromatic rings. The maximum Gasteiger partial charge on any atom is 0.120 e. The van der Waals surface area contributed by atoms with E-state index in [2.05, 4.69) is 26.1 Å². The molecular weight excluding hydrogens is 234 g/mol. The Morgan fingerprint density at radius 2 is 1.79 bits per heavy atom. The highest BCUT2D eigenvalue weighted by Crippen LogP contribution is 2.32. The smallest absolute Gasteiger partial charge is 0.120 e. The number of benzene rings is 1. The molecule has 2 N–H and O–H groups in total. The van der Waals surface area contributed by atoms with Gasteiger partial charge in [-0.3, -0.25) is 0 Å². The SMILES string of the molecule is CCC(NC1CC(C)CC(C)C1)c1ccccc1O. The number of rotatable bonds is 4. The van der Waals surface area contributed by atoms with Crippen LogP contribution in [0.3, 0.4) is 0 Å². The average molecular weight is 261 g/mol. The van der Waals surface area contributed by atoms with Crippen LogP contribution in [0.1, 0.15) is 58.1 Å². The monoisotopic (exact) mass is 261 g/mol. The zero-order chi connectivity index (χ0) is 13.8. The first kappa shape index (κ1) is 14.4. The van der Waals surface area contributed by atoms with Crippen molar-refractivity contribution in [2.75, 3.05) is 0 Å². The summed E-state index contributed by atoms with van der Waals surface area (Å²) in [6.45, 7) is 6.89. The van der Waals surface area contributed by atoms with Crippen molar-refractivity contribution in [3.63, 3.8) is 0 Å². The molecule has 0 aliphatic heterocycles. The molecule has 0 heterocycles. The Morgan fingerprint density at radius 3 is 2.37 bits per heavy atom. The summed E-state index contributed by atoms with van der Waals surface area (Å²) >= 11 is 0. The van der Waals surface area contributed by atoms with E-state index in [1.54, 1.807) is 6.07 Å². The lowest BCUT2D eigenvalue weighted by molar-refractivity contribution is 0.223. The first-order valence-corrected chi connectivity index (χ1v) is 7.64.